The van der Waals surface area contributed by atoms with Gasteiger partial charge in [0.05, 0.1) is 0 Å². The van der Waals surface area contributed by atoms with Crippen molar-refractivity contribution in [3.05, 3.63) is 65.2 Å². The van der Waals surface area contributed by atoms with Gasteiger partial charge >= 0.3 is 11.9 Å². The molecule has 0 aliphatic heterocycles. The second kappa shape index (κ2) is 6.22. The van der Waals surface area contributed by atoms with Crippen molar-refractivity contribution in [1.29, 1.82) is 0 Å². The van der Waals surface area contributed by atoms with Crippen LogP contribution in [0.15, 0.2) is 48.5 Å². The summed E-state index contributed by atoms with van der Waals surface area (Å²) in [5.41, 5.74) is 2.24. The minimum Gasteiger partial charge on any atom is -0.480 e. The number of esters is 1. The number of carbonyl (C=O) groups is 2. The van der Waals surface area contributed by atoms with E-state index in [-0.39, 0.29) is 0 Å². The first-order valence-electron chi connectivity index (χ1n) is 6.55. The Morgan fingerprint density at radius 1 is 1.05 bits per heavy atom. The van der Waals surface area contributed by atoms with Gasteiger partial charge in [-0.3, -0.25) is 9.59 Å². The fourth-order valence-electron chi connectivity index (χ4n) is 2.11. The Hall–Kier alpha value is -2.62. The average Bonchev–Trinajstić information content (AvgIpc) is 2.43. The standard InChI is InChI=1S/C17H16O4/c1-11-8-9-14(12(2)10-11)21-17(20)15(16(18)19)13-6-4-3-5-7-13/h3-10,15H,1-2H3,(H,18,19). The third-order valence-electron chi connectivity index (χ3n) is 3.16. The van der Waals surface area contributed by atoms with Gasteiger partial charge < -0.3 is 9.84 Å². The van der Waals surface area contributed by atoms with Gasteiger partial charge in [-0.05, 0) is 31.0 Å². The quantitative estimate of drug-likeness (QED) is 0.532. The molecule has 0 heterocycles. The summed E-state index contributed by atoms with van der Waals surface area (Å²) >= 11 is 0. The number of ether oxygens (including phenoxy) is 1. The molecular weight excluding hydrogens is 268 g/mol. The molecule has 4 nitrogen and oxygen atoms in total. The number of carbonyl (C=O) groups excluding carboxylic acids is 1. The molecule has 0 radical (unpaired) electrons. The summed E-state index contributed by atoms with van der Waals surface area (Å²) in [5, 5.41) is 9.29. The molecule has 2 aromatic rings. The van der Waals surface area contributed by atoms with E-state index in [0.29, 0.717) is 11.3 Å². The molecule has 108 valence electrons. The molecule has 0 aliphatic rings. The van der Waals surface area contributed by atoms with Crippen LogP contribution in [0.5, 0.6) is 5.75 Å². The molecule has 0 saturated carbocycles. The van der Waals surface area contributed by atoms with E-state index < -0.39 is 17.9 Å². The smallest absolute Gasteiger partial charge is 0.330 e. The summed E-state index contributed by atoms with van der Waals surface area (Å²) in [6, 6.07) is 13.7. The van der Waals surface area contributed by atoms with Crippen molar-refractivity contribution in [3.63, 3.8) is 0 Å². The van der Waals surface area contributed by atoms with E-state index in [4.69, 9.17) is 4.74 Å². The minimum absolute atomic E-state index is 0.382. The zero-order valence-corrected chi connectivity index (χ0v) is 11.9. The average molecular weight is 284 g/mol. The highest BCUT2D eigenvalue weighted by atomic mass is 16.5. The van der Waals surface area contributed by atoms with E-state index in [9.17, 15) is 14.7 Å². The van der Waals surface area contributed by atoms with Crippen molar-refractivity contribution in [1.82, 2.24) is 0 Å². The zero-order chi connectivity index (χ0) is 15.4. The predicted octanol–water partition coefficient (Wildman–Crippen LogP) is 3.08. The van der Waals surface area contributed by atoms with E-state index in [1.807, 2.05) is 26.0 Å². The van der Waals surface area contributed by atoms with Crippen LogP contribution in [-0.4, -0.2) is 17.0 Å². The minimum atomic E-state index is -1.33. The number of carboxylic acid groups (broad SMARTS) is 1. The van der Waals surface area contributed by atoms with Crippen LogP contribution in [-0.2, 0) is 9.59 Å². The summed E-state index contributed by atoms with van der Waals surface area (Å²) in [7, 11) is 0. The summed E-state index contributed by atoms with van der Waals surface area (Å²) in [6.45, 7) is 3.75. The van der Waals surface area contributed by atoms with Crippen molar-refractivity contribution in [2.45, 2.75) is 19.8 Å². The Morgan fingerprint density at radius 2 is 1.71 bits per heavy atom. The maximum Gasteiger partial charge on any atom is 0.330 e. The highest BCUT2D eigenvalue weighted by Gasteiger charge is 2.30. The highest BCUT2D eigenvalue weighted by Crippen LogP contribution is 2.23. The summed E-state index contributed by atoms with van der Waals surface area (Å²) in [5.74, 6) is -2.96. The van der Waals surface area contributed by atoms with E-state index in [2.05, 4.69) is 0 Å². The Labute approximate surface area is 123 Å². The molecule has 1 atom stereocenters. The number of aliphatic carboxylic acids is 1. The molecule has 0 saturated heterocycles. The molecule has 0 aromatic heterocycles. The molecule has 0 amide bonds. The van der Waals surface area contributed by atoms with Crippen molar-refractivity contribution in [3.8, 4) is 5.75 Å². The lowest BCUT2D eigenvalue weighted by atomic mass is 9.99. The predicted molar refractivity (Wildman–Crippen MR) is 78.4 cm³/mol. The lowest BCUT2D eigenvalue weighted by Gasteiger charge is -2.13. The lowest BCUT2D eigenvalue weighted by molar-refractivity contribution is -0.148. The Morgan fingerprint density at radius 3 is 2.29 bits per heavy atom. The first kappa shape index (κ1) is 14.8. The largest absolute Gasteiger partial charge is 0.480 e. The molecule has 0 fully saturated rings. The first-order chi connectivity index (χ1) is 9.99. The fraction of sp³-hybridized carbons (Fsp3) is 0.176. The van der Waals surface area contributed by atoms with Crippen molar-refractivity contribution >= 4 is 11.9 Å². The summed E-state index contributed by atoms with van der Waals surface area (Å²) in [4.78, 5) is 23.6. The summed E-state index contributed by atoms with van der Waals surface area (Å²) in [6.07, 6.45) is 0. The first-order valence-corrected chi connectivity index (χ1v) is 6.55. The Kier molecular flexibility index (Phi) is 4.38. The van der Waals surface area contributed by atoms with Gasteiger partial charge in [-0.2, -0.15) is 0 Å². The molecule has 4 heteroatoms. The molecular formula is C17H16O4. The van der Waals surface area contributed by atoms with Crippen LogP contribution in [0.25, 0.3) is 0 Å². The lowest BCUT2D eigenvalue weighted by Crippen LogP contribution is -2.26. The van der Waals surface area contributed by atoms with Crippen LogP contribution in [0.4, 0.5) is 0 Å². The van der Waals surface area contributed by atoms with Crippen LogP contribution in [0.1, 0.15) is 22.6 Å². The molecule has 0 aliphatic carbocycles. The molecule has 1 N–H and O–H groups in total. The van der Waals surface area contributed by atoms with Gasteiger partial charge in [0.2, 0.25) is 0 Å². The number of benzene rings is 2. The second-order valence-corrected chi connectivity index (χ2v) is 4.87. The molecule has 1 unspecified atom stereocenters. The second-order valence-electron chi connectivity index (χ2n) is 4.87. The van der Waals surface area contributed by atoms with Gasteiger partial charge in [-0.25, -0.2) is 0 Å². The van der Waals surface area contributed by atoms with Crippen LogP contribution in [0.2, 0.25) is 0 Å². The van der Waals surface area contributed by atoms with E-state index in [1.54, 1.807) is 36.4 Å². The topological polar surface area (TPSA) is 63.6 Å². The van der Waals surface area contributed by atoms with Crippen LogP contribution >= 0.6 is 0 Å². The maximum absolute atomic E-state index is 12.2. The van der Waals surface area contributed by atoms with Crippen LogP contribution in [0.3, 0.4) is 0 Å². The van der Waals surface area contributed by atoms with Crippen LogP contribution < -0.4 is 4.74 Å². The molecule has 0 bridgehead atoms. The zero-order valence-electron chi connectivity index (χ0n) is 11.9. The SMILES string of the molecule is Cc1ccc(OC(=O)C(C(=O)O)c2ccccc2)c(C)c1. The number of rotatable bonds is 4. The maximum atomic E-state index is 12.2. The van der Waals surface area contributed by atoms with Crippen molar-refractivity contribution < 1.29 is 19.4 Å². The monoisotopic (exact) mass is 284 g/mol. The van der Waals surface area contributed by atoms with Gasteiger partial charge in [-0.15, -0.1) is 0 Å². The van der Waals surface area contributed by atoms with Gasteiger partial charge in [0, 0.05) is 0 Å². The molecule has 0 spiro atoms. The van der Waals surface area contributed by atoms with Crippen molar-refractivity contribution in [2.24, 2.45) is 0 Å². The van der Waals surface area contributed by atoms with E-state index in [1.165, 1.54) is 0 Å². The number of carboxylic acids is 1. The molecule has 21 heavy (non-hydrogen) atoms. The Balaban J connectivity index is 2.26. The summed E-state index contributed by atoms with van der Waals surface area (Å²) < 4.78 is 5.26. The third-order valence-corrected chi connectivity index (χ3v) is 3.16. The van der Waals surface area contributed by atoms with Crippen molar-refractivity contribution in [2.75, 3.05) is 0 Å². The highest BCUT2D eigenvalue weighted by molar-refractivity contribution is 6.00. The fourth-order valence-corrected chi connectivity index (χ4v) is 2.11. The van der Waals surface area contributed by atoms with Gasteiger partial charge in [0.1, 0.15) is 5.75 Å². The van der Waals surface area contributed by atoms with E-state index in [0.717, 1.165) is 11.1 Å². The molecule has 2 aromatic carbocycles. The normalized spacial score (nSPS) is 11.7. The number of hydrogen-bond acceptors (Lipinski definition) is 3. The molecule has 2 rings (SSSR count). The van der Waals surface area contributed by atoms with Crippen LogP contribution in [0, 0.1) is 13.8 Å². The Bertz CT molecular complexity index is 662. The number of aryl methyl sites for hydroxylation is 2. The third kappa shape index (κ3) is 3.48. The van der Waals surface area contributed by atoms with Gasteiger partial charge in [0.25, 0.3) is 0 Å². The van der Waals surface area contributed by atoms with Gasteiger partial charge in [-0.1, -0.05) is 48.0 Å². The van der Waals surface area contributed by atoms with Gasteiger partial charge in [0.15, 0.2) is 5.92 Å². The number of hydrogen-bond donors (Lipinski definition) is 1. The van der Waals surface area contributed by atoms with E-state index >= 15 is 0 Å².